The molecule has 0 saturated heterocycles. The lowest BCUT2D eigenvalue weighted by atomic mass is 10.1. The van der Waals surface area contributed by atoms with Crippen LogP contribution in [0.5, 0.6) is 0 Å². The number of hydrogen-bond acceptors (Lipinski definition) is 5. The van der Waals surface area contributed by atoms with Gasteiger partial charge in [0.15, 0.2) is 9.84 Å². The fourth-order valence-corrected chi connectivity index (χ4v) is 4.32. The Bertz CT molecular complexity index is 1180. The molecule has 0 atom stereocenters. The number of halogens is 1. The zero-order valence-electron chi connectivity index (χ0n) is 13.0. The van der Waals surface area contributed by atoms with Crippen LogP contribution in [-0.2, 0) is 9.84 Å². The minimum atomic E-state index is -3.26. The molecule has 0 fully saturated rings. The van der Waals surface area contributed by atoms with Crippen LogP contribution in [0.2, 0.25) is 0 Å². The van der Waals surface area contributed by atoms with Crippen molar-refractivity contribution < 1.29 is 12.8 Å². The highest BCUT2D eigenvalue weighted by molar-refractivity contribution is 7.90. The fraction of sp³-hybridized carbons (Fsp3) is 0.0588. The van der Waals surface area contributed by atoms with Crippen molar-refractivity contribution in [1.29, 1.82) is 0 Å². The van der Waals surface area contributed by atoms with Gasteiger partial charge in [0, 0.05) is 11.8 Å². The molecule has 0 bridgehead atoms. The summed E-state index contributed by atoms with van der Waals surface area (Å²) < 4.78 is 38.6. The summed E-state index contributed by atoms with van der Waals surface area (Å²) in [6.07, 6.45) is 2.62. The Morgan fingerprint density at radius 1 is 1.08 bits per heavy atom. The van der Waals surface area contributed by atoms with Crippen molar-refractivity contribution >= 4 is 26.1 Å². The Hall–Kier alpha value is -2.58. The molecule has 0 saturated carbocycles. The molecule has 0 spiro atoms. The monoisotopic (exact) mass is 373 g/mol. The number of hydrogen-bond donors (Lipinski definition) is 0. The molecular weight excluding hydrogens is 361 g/mol. The number of benzene rings is 2. The van der Waals surface area contributed by atoms with Crippen molar-refractivity contribution in [2.75, 3.05) is 6.26 Å². The lowest BCUT2D eigenvalue weighted by Crippen LogP contribution is -1.96. The first kappa shape index (κ1) is 15.9. The molecule has 0 aliphatic carbocycles. The molecule has 0 unspecified atom stereocenters. The van der Waals surface area contributed by atoms with Crippen LogP contribution in [0.15, 0.2) is 59.8 Å². The van der Waals surface area contributed by atoms with Gasteiger partial charge in [-0.05, 0) is 29.8 Å². The average molecular weight is 373 g/mol. The first-order valence-electron chi connectivity index (χ1n) is 7.32. The molecule has 4 aromatic rings. The minimum Gasteiger partial charge on any atom is -0.224 e. The first-order chi connectivity index (χ1) is 11.9. The largest absolute Gasteiger partial charge is 0.224 e. The van der Waals surface area contributed by atoms with Crippen molar-refractivity contribution in [3.8, 4) is 21.7 Å². The van der Waals surface area contributed by atoms with Gasteiger partial charge in [-0.25, -0.2) is 22.3 Å². The van der Waals surface area contributed by atoms with Gasteiger partial charge in [-0.1, -0.05) is 35.6 Å². The summed E-state index contributed by atoms with van der Waals surface area (Å²) in [5.74, 6) is -0.338. The van der Waals surface area contributed by atoms with E-state index in [9.17, 15) is 12.8 Å². The van der Waals surface area contributed by atoms with Crippen LogP contribution in [-0.4, -0.2) is 29.3 Å². The van der Waals surface area contributed by atoms with Gasteiger partial charge >= 0.3 is 0 Å². The zero-order valence-corrected chi connectivity index (χ0v) is 14.7. The Morgan fingerprint density at radius 2 is 1.84 bits per heavy atom. The van der Waals surface area contributed by atoms with E-state index in [1.807, 2.05) is 0 Å². The molecule has 0 amide bonds. The number of thiazole rings is 1. The predicted octanol–water partition coefficient (Wildman–Crippen LogP) is 3.67. The number of nitrogens with zero attached hydrogens (tertiary/aromatic N) is 3. The van der Waals surface area contributed by atoms with Gasteiger partial charge in [0.1, 0.15) is 12.1 Å². The molecule has 0 aliphatic rings. The van der Waals surface area contributed by atoms with E-state index in [0.717, 1.165) is 16.1 Å². The second-order valence-electron chi connectivity index (χ2n) is 5.54. The van der Waals surface area contributed by atoms with Gasteiger partial charge in [0.2, 0.25) is 4.96 Å². The highest BCUT2D eigenvalue weighted by Crippen LogP contribution is 2.38. The minimum absolute atomic E-state index is 0.253. The van der Waals surface area contributed by atoms with Crippen LogP contribution in [0.25, 0.3) is 26.7 Å². The number of aromatic nitrogens is 3. The molecule has 0 N–H and O–H groups in total. The first-order valence-corrected chi connectivity index (χ1v) is 10.0. The summed E-state index contributed by atoms with van der Waals surface area (Å²) >= 11 is 1.42. The molecule has 8 heteroatoms. The number of rotatable bonds is 3. The molecule has 2 aromatic carbocycles. The average Bonchev–Trinajstić information content (AvgIpc) is 3.14. The van der Waals surface area contributed by atoms with Crippen molar-refractivity contribution in [3.63, 3.8) is 0 Å². The van der Waals surface area contributed by atoms with Gasteiger partial charge in [0.25, 0.3) is 0 Å². The fourth-order valence-electron chi connectivity index (χ4n) is 2.63. The summed E-state index contributed by atoms with van der Waals surface area (Å²) in [4.78, 5) is 5.99. The zero-order chi connectivity index (χ0) is 17.6. The second kappa shape index (κ2) is 5.75. The van der Waals surface area contributed by atoms with Crippen molar-refractivity contribution in [2.24, 2.45) is 0 Å². The maximum atomic E-state index is 13.7. The topological polar surface area (TPSA) is 64.3 Å². The third kappa shape index (κ3) is 2.83. The standard InChI is InChI=1S/C17H12FN3O2S2/c1-25(22,23)14-7-5-11(6-8-14)16-15(12-3-2-4-13(18)9-12)21-17(24-16)19-10-20-21/h2-10H,1H3. The van der Waals surface area contributed by atoms with Gasteiger partial charge in [-0.3, -0.25) is 0 Å². The van der Waals surface area contributed by atoms with E-state index in [0.29, 0.717) is 10.5 Å². The van der Waals surface area contributed by atoms with E-state index in [1.165, 1.54) is 36.1 Å². The van der Waals surface area contributed by atoms with Crippen LogP contribution >= 0.6 is 11.3 Å². The summed E-state index contributed by atoms with van der Waals surface area (Å²) in [6, 6.07) is 12.9. The van der Waals surface area contributed by atoms with Crippen molar-refractivity contribution in [1.82, 2.24) is 14.6 Å². The summed E-state index contributed by atoms with van der Waals surface area (Å²) in [5.41, 5.74) is 2.23. The van der Waals surface area contributed by atoms with E-state index < -0.39 is 9.84 Å². The maximum Gasteiger partial charge on any atom is 0.213 e. The lowest BCUT2D eigenvalue weighted by Gasteiger charge is -2.06. The lowest BCUT2D eigenvalue weighted by molar-refractivity contribution is 0.602. The highest BCUT2D eigenvalue weighted by atomic mass is 32.2. The Labute approximate surface area is 147 Å². The molecule has 0 aliphatic heterocycles. The van der Waals surface area contributed by atoms with E-state index in [-0.39, 0.29) is 10.7 Å². The third-order valence-electron chi connectivity index (χ3n) is 3.78. The maximum absolute atomic E-state index is 13.7. The molecule has 126 valence electrons. The highest BCUT2D eigenvalue weighted by Gasteiger charge is 2.18. The molecular formula is C17H12FN3O2S2. The van der Waals surface area contributed by atoms with E-state index in [1.54, 1.807) is 40.9 Å². The molecule has 0 radical (unpaired) electrons. The normalized spacial score (nSPS) is 11.9. The van der Waals surface area contributed by atoms with Crippen molar-refractivity contribution in [2.45, 2.75) is 4.90 Å². The predicted molar refractivity (Wildman–Crippen MR) is 94.8 cm³/mol. The van der Waals surface area contributed by atoms with E-state index >= 15 is 0 Å². The smallest absolute Gasteiger partial charge is 0.213 e. The second-order valence-corrected chi connectivity index (χ2v) is 8.53. The van der Waals surface area contributed by atoms with E-state index in [4.69, 9.17) is 0 Å². The molecule has 25 heavy (non-hydrogen) atoms. The van der Waals surface area contributed by atoms with Crippen LogP contribution in [0, 0.1) is 5.82 Å². The number of fused-ring (bicyclic) bond motifs is 1. The quantitative estimate of drug-likeness (QED) is 0.550. The third-order valence-corrected chi connectivity index (χ3v) is 6.00. The van der Waals surface area contributed by atoms with Gasteiger partial charge in [0.05, 0.1) is 15.5 Å². The summed E-state index contributed by atoms with van der Waals surface area (Å²) in [5, 5.41) is 4.23. The molecule has 5 nitrogen and oxygen atoms in total. The van der Waals surface area contributed by atoms with Crippen LogP contribution in [0.4, 0.5) is 4.39 Å². The summed E-state index contributed by atoms with van der Waals surface area (Å²) in [6.45, 7) is 0. The Kier molecular flexibility index (Phi) is 3.66. The molecule has 2 heterocycles. The van der Waals surface area contributed by atoms with Crippen LogP contribution < -0.4 is 0 Å². The van der Waals surface area contributed by atoms with Crippen LogP contribution in [0.1, 0.15) is 0 Å². The van der Waals surface area contributed by atoms with Gasteiger partial charge in [-0.15, -0.1) is 0 Å². The Morgan fingerprint density at radius 3 is 2.52 bits per heavy atom. The number of sulfone groups is 1. The summed E-state index contributed by atoms with van der Waals surface area (Å²) in [7, 11) is -3.26. The Balaban J connectivity index is 1.93. The van der Waals surface area contributed by atoms with Crippen LogP contribution in [0.3, 0.4) is 0 Å². The SMILES string of the molecule is CS(=O)(=O)c1ccc(-c2sc3ncnn3c2-c2cccc(F)c2)cc1. The molecule has 4 rings (SSSR count). The van der Waals surface area contributed by atoms with E-state index in [2.05, 4.69) is 10.1 Å². The van der Waals surface area contributed by atoms with Crippen molar-refractivity contribution in [3.05, 3.63) is 60.7 Å². The van der Waals surface area contributed by atoms with Gasteiger partial charge in [-0.2, -0.15) is 5.10 Å². The van der Waals surface area contributed by atoms with Gasteiger partial charge < -0.3 is 0 Å². The molecule has 2 aromatic heterocycles.